The minimum absolute atomic E-state index is 0.782. The zero-order chi connectivity index (χ0) is 18.8. The predicted molar refractivity (Wildman–Crippen MR) is 106 cm³/mol. The van der Waals surface area contributed by atoms with Crippen LogP contribution in [0.25, 0.3) is 16.4 Å². The normalized spacial score (nSPS) is 11.2. The molecule has 0 unspecified atom stereocenters. The molecule has 0 bridgehead atoms. The number of hydrogen-bond acceptors (Lipinski definition) is 5. The van der Waals surface area contributed by atoms with E-state index >= 15 is 0 Å². The van der Waals surface area contributed by atoms with Crippen molar-refractivity contribution in [3.05, 3.63) is 48.0 Å². The van der Waals surface area contributed by atoms with Crippen molar-refractivity contribution in [2.24, 2.45) is 0 Å². The summed E-state index contributed by atoms with van der Waals surface area (Å²) in [5.74, 6) is 2.46. The van der Waals surface area contributed by atoms with Crippen molar-refractivity contribution in [3.8, 4) is 11.5 Å². The summed E-state index contributed by atoms with van der Waals surface area (Å²) in [6, 6.07) is 8.08. The highest BCUT2D eigenvalue weighted by atomic mass is 16.5. The van der Waals surface area contributed by atoms with Gasteiger partial charge in [0.25, 0.3) is 0 Å². The second-order valence-electron chi connectivity index (χ2n) is 6.51. The number of hydrogen-bond donors (Lipinski definition) is 2. The van der Waals surface area contributed by atoms with Crippen molar-refractivity contribution < 1.29 is 9.47 Å². The lowest BCUT2D eigenvalue weighted by Gasteiger charge is -2.06. The molecule has 4 aromatic rings. The topological polar surface area (TPSA) is 76.5 Å². The smallest absolute Gasteiger partial charge is 0.152 e. The minimum Gasteiger partial charge on any atom is -0.497 e. The quantitative estimate of drug-likeness (QED) is 0.490. The molecule has 0 amide bonds. The van der Waals surface area contributed by atoms with Crippen LogP contribution >= 0.6 is 0 Å². The monoisotopic (exact) mass is 365 g/mol. The first-order chi connectivity index (χ1) is 13.2. The number of methoxy groups -OCH3 is 2. The molecule has 2 N–H and O–H groups in total. The number of rotatable bonds is 7. The summed E-state index contributed by atoms with van der Waals surface area (Å²) in [5, 5.41) is 8.90. The summed E-state index contributed by atoms with van der Waals surface area (Å²) in [5.41, 5.74) is 4.17. The van der Waals surface area contributed by atoms with E-state index in [2.05, 4.69) is 26.4 Å². The Morgan fingerprint density at radius 2 is 2.04 bits per heavy atom. The van der Waals surface area contributed by atoms with E-state index < -0.39 is 0 Å². The van der Waals surface area contributed by atoms with Crippen LogP contribution in [0.15, 0.2) is 36.7 Å². The van der Waals surface area contributed by atoms with Crippen LogP contribution in [0.5, 0.6) is 11.5 Å². The summed E-state index contributed by atoms with van der Waals surface area (Å²) in [6.45, 7) is 2.81. The average molecular weight is 365 g/mol. The largest absolute Gasteiger partial charge is 0.497 e. The summed E-state index contributed by atoms with van der Waals surface area (Å²) in [7, 11) is 3.34. The third kappa shape index (κ3) is 3.40. The van der Waals surface area contributed by atoms with Crippen molar-refractivity contribution in [3.63, 3.8) is 0 Å². The predicted octanol–water partition coefficient (Wildman–Crippen LogP) is 3.58. The summed E-state index contributed by atoms with van der Waals surface area (Å²) < 4.78 is 12.7. The van der Waals surface area contributed by atoms with Crippen LogP contribution in [0.3, 0.4) is 0 Å². The van der Waals surface area contributed by atoms with E-state index in [0.29, 0.717) is 0 Å². The van der Waals surface area contributed by atoms with Crippen LogP contribution in [0.4, 0.5) is 5.82 Å². The Bertz CT molecular complexity index is 1080. The van der Waals surface area contributed by atoms with Gasteiger partial charge in [0.2, 0.25) is 0 Å². The number of H-pyrrole nitrogens is 1. The SMILES string of the molecule is COc1cc(OC)c2cc(CCCNc3nccn4nc(C)cc34)[nH]c2c1. The second kappa shape index (κ2) is 7.19. The van der Waals surface area contributed by atoms with E-state index in [1.165, 1.54) is 5.69 Å². The summed E-state index contributed by atoms with van der Waals surface area (Å²) in [6.07, 6.45) is 5.52. The highest BCUT2D eigenvalue weighted by Crippen LogP contribution is 2.31. The molecule has 0 aliphatic heterocycles. The Kier molecular flexibility index (Phi) is 4.58. The van der Waals surface area contributed by atoms with Crippen LogP contribution in [0, 0.1) is 6.92 Å². The van der Waals surface area contributed by atoms with Crippen molar-refractivity contribution in [2.75, 3.05) is 26.1 Å². The molecule has 0 radical (unpaired) electrons. The average Bonchev–Trinajstić information content (AvgIpc) is 3.26. The van der Waals surface area contributed by atoms with Gasteiger partial charge in [0.1, 0.15) is 17.0 Å². The highest BCUT2D eigenvalue weighted by Gasteiger charge is 2.09. The molecule has 0 fully saturated rings. The Balaban J connectivity index is 1.43. The summed E-state index contributed by atoms with van der Waals surface area (Å²) >= 11 is 0. The van der Waals surface area contributed by atoms with Crippen LogP contribution in [-0.4, -0.2) is 40.3 Å². The molecule has 0 atom stereocenters. The number of fused-ring (bicyclic) bond motifs is 2. The van der Waals surface area contributed by atoms with Crippen molar-refractivity contribution in [2.45, 2.75) is 19.8 Å². The number of anilines is 1. The first kappa shape index (κ1) is 17.2. The maximum Gasteiger partial charge on any atom is 0.152 e. The lowest BCUT2D eigenvalue weighted by atomic mass is 10.2. The van der Waals surface area contributed by atoms with Gasteiger partial charge < -0.3 is 19.8 Å². The fourth-order valence-electron chi connectivity index (χ4n) is 3.32. The Morgan fingerprint density at radius 3 is 2.85 bits per heavy atom. The first-order valence-corrected chi connectivity index (χ1v) is 8.96. The molecule has 0 saturated carbocycles. The number of aromatic amines is 1. The first-order valence-electron chi connectivity index (χ1n) is 8.96. The van der Waals surface area contributed by atoms with E-state index in [9.17, 15) is 0 Å². The zero-order valence-electron chi connectivity index (χ0n) is 15.7. The molecule has 3 heterocycles. The molecule has 1 aromatic carbocycles. The fourth-order valence-corrected chi connectivity index (χ4v) is 3.32. The molecule has 27 heavy (non-hydrogen) atoms. The van der Waals surface area contributed by atoms with Gasteiger partial charge in [0, 0.05) is 42.2 Å². The summed E-state index contributed by atoms with van der Waals surface area (Å²) in [4.78, 5) is 7.89. The molecule has 0 spiro atoms. The molecule has 7 heteroatoms. The van der Waals surface area contributed by atoms with Crippen molar-refractivity contribution in [1.82, 2.24) is 19.6 Å². The number of aromatic nitrogens is 4. The highest BCUT2D eigenvalue weighted by molar-refractivity contribution is 5.88. The van der Waals surface area contributed by atoms with Crippen LogP contribution in [0.1, 0.15) is 17.8 Å². The lowest BCUT2D eigenvalue weighted by Crippen LogP contribution is -2.06. The molecular formula is C20H23N5O2. The van der Waals surface area contributed by atoms with Gasteiger partial charge in [0.05, 0.1) is 25.4 Å². The number of ether oxygens (including phenoxy) is 2. The number of nitrogens with one attached hydrogen (secondary N) is 2. The van der Waals surface area contributed by atoms with E-state index in [-0.39, 0.29) is 0 Å². The van der Waals surface area contributed by atoms with Gasteiger partial charge in [-0.1, -0.05) is 0 Å². The van der Waals surface area contributed by atoms with Crippen molar-refractivity contribution >= 4 is 22.2 Å². The lowest BCUT2D eigenvalue weighted by molar-refractivity contribution is 0.398. The second-order valence-corrected chi connectivity index (χ2v) is 6.51. The van der Waals surface area contributed by atoms with Gasteiger partial charge in [-0.2, -0.15) is 5.10 Å². The standard InChI is InChI=1S/C20H23N5O2/c1-13-9-18-20(22-7-8-25(18)24-13)21-6-4-5-14-10-16-17(23-14)11-15(26-2)12-19(16)27-3/h7-12,23H,4-6H2,1-3H3,(H,21,22). The molecular weight excluding hydrogens is 342 g/mol. The third-order valence-electron chi connectivity index (χ3n) is 4.61. The van der Waals surface area contributed by atoms with E-state index in [1.54, 1.807) is 20.4 Å². The molecule has 0 aliphatic rings. The van der Waals surface area contributed by atoms with E-state index in [0.717, 1.165) is 58.8 Å². The molecule has 0 aliphatic carbocycles. The Hall–Kier alpha value is -3.22. The van der Waals surface area contributed by atoms with E-state index in [4.69, 9.17) is 9.47 Å². The van der Waals surface area contributed by atoms with Crippen LogP contribution in [-0.2, 0) is 6.42 Å². The fraction of sp³-hybridized carbons (Fsp3) is 0.300. The van der Waals surface area contributed by atoms with E-state index in [1.807, 2.05) is 35.8 Å². The number of aryl methyl sites for hydroxylation is 2. The third-order valence-corrected chi connectivity index (χ3v) is 4.61. The zero-order valence-corrected chi connectivity index (χ0v) is 15.7. The molecule has 7 nitrogen and oxygen atoms in total. The number of benzene rings is 1. The van der Waals surface area contributed by atoms with Gasteiger partial charge in [-0.3, -0.25) is 0 Å². The Morgan fingerprint density at radius 1 is 1.15 bits per heavy atom. The molecule has 0 saturated heterocycles. The van der Waals surface area contributed by atoms with Gasteiger partial charge in [-0.05, 0) is 31.9 Å². The maximum atomic E-state index is 5.48. The van der Waals surface area contributed by atoms with Crippen LogP contribution in [0.2, 0.25) is 0 Å². The minimum atomic E-state index is 0.782. The van der Waals surface area contributed by atoms with Crippen LogP contribution < -0.4 is 14.8 Å². The van der Waals surface area contributed by atoms with Crippen molar-refractivity contribution in [1.29, 1.82) is 0 Å². The molecule has 3 aromatic heterocycles. The number of nitrogens with zero attached hydrogens (tertiary/aromatic N) is 3. The van der Waals surface area contributed by atoms with Gasteiger partial charge in [-0.25, -0.2) is 9.50 Å². The maximum absolute atomic E-state index is 5.48. The Labute approximate surface area is 157 Å². The van der Waals surface area contributed by atoms with Gasteiger partial charge in [-0.15, -0.1) is 0 Å². The molecule has 4 rings (SSSR count). The van der Waals surface area contributed by atoms with Gasteiger partial charge in [0.15, 0.2) is 5.82 Å². The molecule has 140 valence electrons. The van der Waals surface area contributed by atoms with Gasteiger partial charge >= 0.3 is 0 Å².